The molecule has 2 aromatic heterocycles. The highest BCUT2D eigenvalue weighted by atomic mass is 32.1. The number of hydrogen-bond acceptors (Lipinski definition) is 8. The van der Waals surface area contributed by atoms with Crippen LogP contribution in [0, 0.1) is 6.92 Å². The molecule has 2 N–H and O–H groups in total. The maximum absolute atomic E-state index is 10.6. The first-order valence-corrected chi connectivity index (χ1v) is 11.9. The highest BCUT2D eigenvalue weighted by Gasteiger charge is 2.46. The third kappa shape index (κ3) is 10.5. The van der Waals surface area contributed by atoms with Crippen LogP contribution in [0.3, 0.4) is 0 Å². The normalized spacial score (nSPS) is 21.4. The van der Waals surface area contributed by atoms with Gasteiger partial charge in [0.15, 0.2) is 0 Å². The number of halogens is 6. The molecule has 1 spiro atoms. The minimum atomic E-state index is -5.08. The van der Waals surface area contributed by atoms with Gasteiger partial charge in [-0.05, 0) is 25.5 Å². The zero-order valence-corrected chi connectivity index (χ0v) is 20.8. The number of likely N-dealkylation sites (tertiary alicyclic amines) is 1. The molecule has 4 rings (SSSR count). The molecule has 4 heterocycles. The van der Waals surface area contributed by atoms with Crippen molar-refractivity contribution in [3.05, 3.63) is 46.2 Å². The van der Waals surface area contributed by atoms with Crippen LogP contribution < -0.4 is 0 Å². The van der Waals surface area contributed by atoms with E-state index in [1.54, 1.807) is 11.3 Å². The van der Waals surface area contributed by atoms with Crippen LogP contribution in [0.5, 0.6) is 0 Å². The molecule has 0 amide bonds. The fourth-order valence-electron chi connectivity index (χ4n) is 3.66. The van der Waals surface area contributed by atoms with E-state index in [1.807, 2.05) is 36.7 Å². The van der Waals surface area contributed by atoms with Crippen molar-refractivity contribution < 1.29 is 55.6 Å². The molecule has 0 saturated carbocycles. The Morgan fingerprint density at radius 2 is 1.82 bits per heavy atom. The Kier molecular flexibility index (Phi) is 11.0. The van der Waals surface area contributed by atoms with Crippen molar-refractivity contribution in [2.24, 2.45) is 0 Å². The van der Waals surface area contributed by atoms with E-state index in [4.69, 9.17) is 29.3 Å². The van der Waals surface area contributed by atoms with Crippen molar-refractivity contribution in [3.63, 3.8) is 0 Å². The van der Waals surface area contributed by atoms with Crippen molar-refractivity contribution in [1.82, 2.24) is 14.9 Å². The number of carboxylic acid groups (broad SMARTS) is 2. The van der Waals surface area contributed by atoms with Gasteiger partial charge in [-0.15, -0.1) is 11.3 Å². The molecule has 38 heavy (non-hydrogen) atoms. The zero-order valence-electron chi connectivity index (χ0n) is 20.0. The summed E-state index contributed by atoms with van der Waals surface area (Å²) in [7, 11) is 0. The lowest BCUT2D eigenvalue weighted by molar-refractivity contribution is -0.193. The molecule has 9 nitrogen and oxygen atoms in total. The maximum Gasteiger partial charge on any atom is 0.490 e. The van der Waals surface area contributed by atoms with Gasteiger partial charge < -0.3 is 19.7 Å². The molecule has 2 saturated heterocycles. The van der Waals surface area contributed by atoms with Gasteiger partial charge in [0.1, 0.15) is 5.01 Å². The Labute approximate surface area is 217 Å². The molecule has 0 bridgehead atoms. The molecule has 212 valence electrons. The van der Waals surface area contributed by atoms with E-state index in [1.165, 1.54) is 5.01 Å². The number of aromatic nitrogens is 2. The van der Waals surface area contributed by atoms with Crippen molar-refractivity contribution in [3.8, 4) is 0 Å². The lowest BCUT2D eigenvalue weighted by Crippen LogP contribution is -2.32. The van der Waals surface area contributed by atoms with Gasteiger partial charge in [0.05, 0.1) is 37.2 Å². The first-order valence-electron chi connectivity index (χ1n) is 11.0. The Bertz CT molecular complexity index is 1030. The molecule has 16 heteroatoms. The second-order valence-electron chi connectivity index (χ2n) is 8.39. The topological polar surface area (TPSA) is 122 Å². The molecule has 2 aliphatic rings. The third-order valence-electron chi connectivity index (χ3n) is 5.31. The summed E-state index contributed by atoms with van der Waals surface area (Å²) in [6, 6.07) is 6.05. The van der Waals surface area contributed by atoms with Gasteiger partial charge >= 0.3 is 24.3 Å². The van der Waals surface area contributed by atoms with Crippen LogP contribution in [0.25, 0.3) is 0 Å². The number of alkyl halides is 6. The monoisotopic (exact) mass is 573 g/mol. The number of carbonyl (C=O) groups is 2. The molecule has 2 atom stereocenters. The fraction of sp³-hybridized carbons (Fsp3) is 0.545. The van der Waals surface area contributed by atoms with E-state index in [2.05, 4.69) is 14.9 Å². The average Bonchev–Trinajstić information content (AvgIpc) is 3.55. The third-order valence-corrected chi connectivity index (χ3v) is 6.08. The summed E-state index contributed by atoms with van der Waals surface area (Å²) in [6.45, 7) is 6.25. The van der Waals surface area contributed by atoms with Gasteiger partial charge in [-0.3, -0.25) is 9.88 Å². The van der Waals surface area contributed by atoms with Crippen LogP contribution >= 0.6 is 11.3 Å². The van der Waals surface area contributed by atoms with E-state index in [9.17, 15) is 26.3 Å². The van der Waals surface area contributed by atoms with Crippen molar-refractivity contribution in [2.45, 2.75) is 57.0 Å². The quantitative estimate of drug-likeness (QED) is 0.510. The predicted octanol–water partition coefficient (Wildman–Crippen LogP) is 4.06. The van der Waals surface area contributed by atoms with Gasteiger partial charge in [0.2, 0.25) is 0 Å². The molecule has 0 radical (unpaired) electrons. The number of carboxylic acids is 2. The molecule has 2 fully saturated rings. The van der Waals surface area contributed by atoms with Gasteiger partial charge in [0, 0.05) is 36.8 Å². The Hall–Kier alpha value is -2.82. The van der Waals surface area contributed by atoms with Crippen molar-refractivity contribution in [2.75, 3.05) is 19.7 Å². The number of ether oxygens (including phenoxy) is 2. The van der Waals surface area contributed by atoms with Gasteiger partial charge in [-0.25, -0.2) is 14.6 Å². The van der Waals surface area contributed by atoms with E-state index >= 15 is 0 Å². The first kappa shape index (κ1) is 31.4. The number of hydrogen-bond donors (Lipinski definition) is 2. The zero-order chi connectivity index (χ0) is 28.6. The van der Waals surface area contributed by atoms with Crippen LogP contribution in [-0.2, 0) is 32.2 Å². The number of aryl methyl sites for hydroxylation is 1. The van der Waals surface area contributed by atoms with Crippen molar-refractivity contribution in [1.29, 1.82) is 0 Å². The minimum absolute atomic E-state index is 0.0258. The van der Waals surface area contributed by atoms with Crippen LogP contribution in [0.4, 0.5) is 26.3 Å². The SMILES string of the molecule is Cc1cccc(CO[C@@H]2CO[C@@]3(CCN(Cc4nccs4)C3)C2)n1.O=C(O)C(F)(F)F.O=C(O)C(F)(F)F. The fourth-order valence-corrected chi connectivity index (χ4v) is 4.32. The van der Waals surface area contributed by atoms with E-state index in [-0.39, 0.29) is 11.7 Å². The summed E-state index contributed by atoms with van der Waals surface area (Å²) in [5.74, 6) is -5.51. The molecular weight excluding hydrogens is 548 g/mol. The summed E-state index contributed by atoms with van der Waals surface area (Å²) < 4.78 is 75.7. The van der Waals surface area contributed by atoms with E-state index in [0.29, 0.717) is 13.2 Å². The molecule has 0 aliphatic carbocycles. The number of rotatable bonds is 5. The molecule has 0 unspecified atom stereocenters. The molecular formula is C22H25F6N3O6S. The lowest BCUT2D eigenvalue weighted by atomic mass is 9.98. The Morgan fingerprint density at radius 1 is 1.18 bits per heavy atom. The standard InChI is InChI=1S/C18H23N3O2S.2C2HF3O2/c1-14-3-2-4-15(20-14)11-22-16-9-18(23-12-16)5-7-21(13-18)10-17-19-6-8-24-17;2*3-2(4,5)1(6)7/h2-4,6,8,16H,5,7,9-13H2,1H3;2*(H,6,7)/t16-,18-;;/m0../s1. The minimum Gasteiger partial charge on any atom is -0.475 e. The summed E-state index contributed by atoms with van der Waals surface area (Å²) in [5, 5.41) is 17.5. The smallest absolute Gasteiger partial charge is 0.475 e. The second kappa shape index (κ2) is 13.3. The van der Waals surface area contributed by atoms with Gasteiger partial charge in [-0.1, -0.05) is 6.07 Å². The summed E-state index contributed by atoms with van der Waals surface area (Å²) in [4.78, 5) is 29.1. The number of nitrogens with zero attached hydrogens (tertiary/aromatic N) is 3. The van der Waals surface area contributed by atoms with Crippen LogP contribution in [0.15, 0.2) is 29.8 Å². The van der Waals surface area contributed by atoms with Gasteiger partial charge in [0.25, 0.3) is 0 Å². The number of pyridine rings is 1. The first-order chi connectivity index (χ1) is 17.6. The van der Waals surface area contributed by atoms with E-state index < -0.39 is 24.3 Å². The van der Waals surface area contributed by atoms with Gasteiger partial charge in [-0.2, -0.15) is 26.3 Å². The van der Waals surface area contributed by atoms with Crippen LogP contribution in [0.1, 0.15) is 29.2 Å². The highest BCUT2D eigenvalue weighted by Crippen LogP contribution is 2.37. The molecule has 0 aromatic carbocycles. The highest BCUT2D eigenvalue weighted by molar-refractivity contribution is 7.09. The maximum atomic E-state index is 10.6. The average molecular weight is 574 g/mol. The Balaban J connectivity index is 0.000000301. The molecule has 2 aromatic rings. The molecule has 2 aliphatic heterocycles. The van der Waals surface area contributed by atoms with E-state index in [0.717, 1.165) is 43.9 Å². The Morgan fingerprint density at radius 3 is 2.34 bits per heavy atom. The second-order valence-corrected chi connectivity index (χ2v) is 9.37. The summed E-state index contributed by atoms with van der Waals surface area (Å²) >= 11 is 1.72. The number of aliphatic carboxylic acids is 2. The lowest BCUT2D eigenvalue weighted by Gasteiger charge is -2.23. The number of thiazole rings is 1. The summed E-state index contributed by atoms with van der Waals surface area (Å²) in [5.41, 5.74) is 2.00. The van der Waals surface area contributed by atoms with Crippen molar-refractivity contribution >= 4 is 23.3 Å². The predicted molar refractivity (Wildman–Crippen MR) is 120 cm³/mol. The van der Waals surface area contributed by atoms with Crippen LogP contribution in [0.2, 0.25) is 0 Å². The summed E-state index contributed by atoms with van der Waals surface area (Å²) in [6.07, 6.45) is -6.05. The van der Waals surface area contributed by atoms with Crippen LogP contribution in [-0.4, -0.2) is 80.8 Å². The largest absolute Gasteiger partial charge is 0.490 e.